The molecule has 0 saturated heterocycles. The fourth-order valence-electron chi connectivity index (χ4n) is 5.72. The van der Waals surface area contributed by atoms with Gasteiger partial charge in [0.1, 0.15) is 13.2 Å². The number of carbonyl (C=O) groups excluding carboxylic acids is 3. The number of unbranched alkanes of at least 4 members (excludes halogenated alkanes) is 9. The van der Waals surface area contributed by atoms with E-state index in [-0.39, 0.29) is 50.4 Å². The van der Waals surface area contributed by atoms with Gasteiger partial charge in [-0.2, -0.15) is 0 Å². The Morgan fingerprint density at radius 2 is 0.677 bits per heavy atom. The summed E-state index contributed by atoms with van der Waals surface area (Å²) in [7, 11) is 0. The lowest BCUT2D eigenvalue weighted by Gasteiger charge is -2.18. The quantitative estimate of drug-likeness (QED) is 0.0201. The molecule has 0 spiro atoms. The molecule has 0 aliphatic heterocycles. The first-order chi connectivity index (χ1) is 30.5. The van der Waals surface area contributed by atoms with Crippen LogP contribution in [0.4, 0.5) is 0 Å². The van der Waals surface area contributed by atoms with Gasteiger partial charge in [-0.3, -0.25) is 14.4 Å². The largest absolute Gasteiger partial charge is 0.462 e. The van der Waals surface area contributed by atoms with Crippen LogP contribution in [-0.2, 0) is 28.6 Å². The van der Waals surface area contributed by atoms with Gasteiger partial charge in [0.25, 0.3) is 0 Å². The zero-order valence-corrected chi connectivity index (χ0v) is 39.1. The molecule has 0 aromatic heterocycles. The first kappa shape index (κ1) is 57.3. The van der Waals surface area contributed by atoms with Gasteiger partial charge in [-0.1, -0.05) is 199 Å². The van der Waals surface area contributed by atoms with E-state index in [1.54, 1.807) is 0 Å². The van der Waals surface area contributed by atoms with Crippen LogP contribution < -0.4 is 0 Å². The highest BCUT2D eigenvalue weighted by atomic mass is 16.6. The molecule has 0 aromatic rings. The van der Waals surface area contributed by atoms with Crippen LogP contribution in [0.5, 0.6) is 0 Å². The van der Waals surface area contributed by atoms with Crippen LogP contribution in [0.15, 0.2) is 146 Å². The monoisotopic (exact) mass is 853 g/mol. The van der Waals surface area contributed by atoms with Gasteiger partial charge in [-0.05, 0) is 96.3 Å². The molecule has 6 heteroatoms. The summed E-state index contributed by atoms with van der Waals surface area (Å²) in [5.41, 5.74) is 0. The minimum absolute atomic E-state index is 0.140. The molecule has 0 heterocycles. The smallest absolute Gasteiger partial charge is 0.306 e. The van der Waals surface area contributed by atoms with E-state index >= 15 is 0 Å². The van der Waals surface area contributed by atoms with Crippen LogP contribution in [0.2, 0.25) is 0 Å². The minimum Gasteiger partial charge on any atom is -0.462 e. The Kier molecular flexibility index (Phi) is 45.2. The molecule has 0 radical (unpaired) electrons. The zero-order valence-electron chi connectivity index (χ0n) is 39.1. The third-order valence-electron chi connectivity index (χ3n) is 9.20. The highest BCUT2D eigenvalue weighted by Crippen LogP contribution is 2.12. The van der Waals surface area contributed by atoms with Crippen molar-refractivity contribution < 1.29 is 28.6 Å². The first-order valence-electron chi connectivity index (χ1n) is 23.9. The molecule has 0 fully saturated rings. The molecule has 0 rings (SSSR count). The SMILES string of the molecule is CC/C=C/C=C/C=C/C=C/C=C/CCCC(=O)OCC(COC(=O)CCC/C=C/C/C=C/C/C=C/C/C=C/C/C=C/CC)OC(=O)CCCCCCCCC/C=C/C/C=C/CC. The van der Waals surface area contributed by atoms with E-state index < -0.39 is 6.10 Å². The van der Waals surface area contributed by atoms with Gasteiger partial charge >= 0.3 is 17.9 Å². The number of allylic oxidation sites excluding steroid dienone is 24. The number of hydrogen-bond donors (Lipinski definition) is 0. The predicted octanol–water partition coefficient (Wildman–Crippen LogP) is 15.7. The van der Waals surface area contributed by atoms with E-state index in [4.69, 9.17) is 14.2 Å². The van der Waals surface area contributed by atoms with Crippen molar-refractivity contribution in [1.82, 2.24) is 0 Å². The number of ether oxygens (including phenoxy) is 3. The maximum Gasteiger partial charge on any atom is 0.306 e. The lowest BCUT2D eigenvalue weighted by Crippen LogP contribution is -2.30. The van der Waals surface area contributed by atoms with Gasteiger partial charge in [0.2, 0.25) is 0 Å². The van der Waals surface area contributed by atoms with E-state index in [1.165, 1.54) is 19.3 Å². The van der Waals surface area contributed by atoms with Crippen molar-refractivity contribution in [2.45, 2.75) is 175 Å². The summed E-state index contributed by atoms with van der Waals surface area (Å²) < 4.78 is 16.6. The fourth-order valence-corrected chi connectivity index (χ4v) is 5.72. The first-order valence-corrected chi connectivity index (χ1v) is 23.9. The summed E-state index contributed by atoms with van der Waals surface area (Å²) in [5.74, 6) is -1.09. The maximum absolute atomic E-state index is 12.8. The number of hydrogen-bond acceptors (Lipinski definition) is 6. The van der Waals surface area contributed by atoms with E-state index in [0.29, 0.717) is 12.8 Å². The lowest BCUT2D eigenvalue weighted by molar-refractivity contribution is -0.167. The van der Waals surface area contributed by atoms with Gasteiger partial charge in [0.05, 0.1) is 0 Å². The topological polar surface area (TPSA) is 78.9 Å². The Labute approximate surface area is 378 Å². The van der Waals surface area contributed by atoms with Gasteiger partial charge in [-0.15, -0.1) is 0 Å². The lowest BCUT2D eigenvalue weighted by atomic mass is 10.1. The maximum atomic E-state index is 12.8. The average Bonchev–Trinajstić information content (AvgIpc) is 3.27. The summed E-state index contributed by atoms with van der Waals surface area (Å²) in [6.07, 6.45) is 69.9. The third-order valence-corrected chi connectivity index (χ3v) is 9.20. The van der Waals surface area contributed by atoms with E-state index in [0.717, 1.165) is 96.3 Å². The summed E-state index contributed by atoms with van der Waals surface area (Å²) in [4.78, 5) is 37.8. The van der Waals surface area contributed by atoms with E-state index in [2.05, 4.69) is 112 Å². The van der Waals surface area contributed by atoms with Crippen molar-refractivity contribution in [2.75, 3.05) is 13.2 Å². The average molecular weight is 853 g/mol. The second-order valence-electron chi connectivity index (χ2n) is 15.0. The Bertz CT molecular complexity index is 1440. The molecule has 1 atom stereocenters. The molecule has 6 nitrogen and oxygen atoms in total. The van der Waals surface area contributed by atoms with Crippen molar-refractivity contribution >= 4 is 17.9 Å². The van der Waals surface area contributed by atoms with Crippen molar-refractivity contribution in [3.05, 3.63) is 146 Å². The molecular formula is C56H84O6. The molecule has 0 aliphatic rings. The minimum atomic E-state index is -0.839. The van der Waals surface area contributed by atoms with Crippen molar-refractivity contribution in [1.29, 1.82) is 0 Å². The van der Waals surface area contributed by atoms with E-state index in [9.17, 15) is 14.4 Å². The number of esters is 3. The number of carbonyl (C=O) groups is 3. The van der Waals surface area contributed by atoms with Crippen LogP contribution in [0.25, 0.3) is 0 Å². The molecule has 0 amide bonds. The summed E-state index contributed by atoms with van der Waals surface area (Å²) in [6.45, 7) is 6.11. The second-order valence-corrected chi connectivity index (χ2v) is 15.0. The Morgan fingerprint density at radius 3 is 1.15 bits per heavy atom. The highest BCUT2D eigenvalue weighted by Gasteiger charge is 2.19. The molecule has 1 unspecified atom stereocenters. The highest BCUT2D eigenvalue weighted by molar-refractivity contribution is 5.71. The van der Waals surface area contributed by atoms with Crippen LogP contribution in [0, 0.1) is 0 Å². The molecule has 62 heavy (non-hydrogen) atoms. The fraction of sp³-hybridized carbons (Fsp3) is 0.518. The predicted molar refractivity (Wildman–Crippen MR) is 265 cm³/mol. The molecule has 0 saturated carbocycles. The van der Waals surface area contributed by atoms with Crippen molar-refractivity contribution in [3.8, 4) is 0 Å². The molecule has 344 valence electrons. The summed E-state index contributed by atoms with van der Waals surface area (Å²) in [6, 6.07) is 0. The molecule has 0 N–H and O–H groups in total. The third kappa shape index (κ3) is 46.4. The Morgan fingerprint density at radius 1 is 0.339 bits per heavy atom. The van der Waals surface area contributed by atoms with E-state index in [1.807, 2.05) is 54.7 Å². The van der Waals surface area contributed by atoms with Crippen molar-refractivity contribution in [2.24, 2.45) is 0 Å². The number of rotatable bonds is 40. The zero-order chi connectivity index (χ0) is 45.1. The van der Waals surface area contributed by atoms with Crippen LogP contribution in [0.1, 0.15) is 168 Å². The van der Waals surface area contributed by atoms with Crippen molar-refractivity contribution in [3.63, 3.8) is 0 Å². The summed E-state index contributed by atoms with van der Waals surface area (Å²) in [5, 5.41) is 0. The molecule has 0 bridgehead atoms. The second kappa shape index (κ2) is 49.0. The standard InChI is InChI=1S/C56H84O6/c1-4-7-10-13-16-19-22-25-27-28-29-32-34-37-40-43-46-49-55(58)61-52-53(51-60-54(57)48-45-42-39-36-33-30-24-21-18-15-12-9-6-3)62-56(59)50-47-44-41-38-35-31-26-23-20-17-14-11-8-5-2/h7-12,15-21,24-25,27,29-30,32-33,36-37,39-40,53H,4-6,13-14,22-23,26,28,31,34-35,38,41-52H2,1-3H3/b10-7+,11-8+,12-9+,18-15+,19-16+,20-17+,24-21+,27-25+,32-29+,33-30+,39-36+,40-37+. The molecule has 0 aliphatic carbocycles. The van der Waals surface area contributed by atoms with Gasteiger partial charge in [-0.25, -0.2) is 0 Å². The Hall–Kier alpha value is -4.71. The molecular weight excluding hydrogens is 769 g/mol. The van der Waals surface area contributed by atoms with Crippen LogP contribution in [0.3, 0.4) is 0 Å². The van der Waals surface area contributed by atoms with Gasteiger partial charge in [0, 0.05) is 19.3 Å². The van der Waals surface area contributed by atoms with Crippen LogP contribution >= 0.6 is 0 Å². The summed E-state index contributed by atoms with van der Waals surface area (Å²) >= 11 is 0. The normalized spacial score (nSPS) is 13.4. The van der Waals surface area contributed by atoms with Gasteiger partial charge < -0.3 is 14.2 Å². The Balaban J connectivity index is 4.62. The molecule has 0 aromatic carbocycles. The van der Waals surface area contributed by atoms with Gasteiger partial charge in [0.15, 0.2) is 6.10 Å². The van der Waals surface area contributed by atoms with Crippen LogP contribution in [-0.4, -0.2) is 37.2 Å².